The Hall–Kier alpha value is -2.17. The SMILES string of the molecule is O=C1C[C@H](c2cccc(Cl)c2)c2scc(-c3ccc(F)cc3)c2N1. The molecule has 3 aromatic rings. The average Bonchev–Trinajstić information content (AvgIpc) is 2.98. The summed E-state index contributed by atoms with van der Waals surface area (Å²) in [6, 6.07) is 13.9. The first-order valence-electron chi connectivity index (χ1n) is 7.54. The fourth-order valence-corrected chi connectivity index (χ4v) is 4.42. The molecular weight excluding hydrogens is 345 g/mol. The summed E-state index contributed by atoms with van der Waals surface area (Å²) in [6.45, 7) is 0. The highest BCUT2D eigenvalue weighted by atomic mass is 35.5. The number of benzene rings is 2. The molecule has 1 aliphatic rings. The number of rotatable bonds is 2. The molecule has 0 saturated carbocycles. The van der Waals surface area contributed by atoms with Gasteiger partial charge in [-0.3, -0.25) is 4.79 Å². The van der Waals surface area contributed by atoms with Gasteiger partial charge in [-0.05, 0) is 35.4 Å². The van der Waals surface area contributed by atoms with Gasteiger partial charge in [0.05, 0.1) is 5.69 Å². The molecule has 0 fully saturated rings. The molecule has 120 valence electrons. The number of fused-ring (bicyclic) bond motifs is 1. The minimum atomic E-state index is -0.274. The summed E-state index contributed by atoms with van der Waals surface area (Å²) < 4.78 is 13.2. The van der Waals surface area contributed by atoms with Crippen LogP contribution in [0.4, 0.5) is 10.1 Å². The predicted molar refractivity (Wildman–Crippen MR) is 96.3 cm³/mol. The van der Waals surface area contributed by atoms with Gasteiger partial charge in [-0.1, -0.05) is 35.9 Å². The zero-order valence-electron chi connectivity index (χ0n) is 12.6. The third-order valence-electron chi connectivity index (χ3n) is 4.20. The summed E-state index contributed by atoms with van der Waals surface area (Å²) >= 11 is 7.72. The van der Waals surface area contributed by atoms with Gasteiger partial charge in [-0.15, -0.1) is 11.3 Å². The molecule has 1 aromatic heterocycles. The van der Waals surface area contributed by atoms with Crippen LogP contribution < -0.4 is 5.32 Å². The van der Waals surface area contributed by atoms with Gasteiger partial charge < -0.3 is 5.32 Å². The number of halogens is 2. The first-order valence-corrected chi connectivity index (χ1v) is 8.80. The second-order valence-corrected chi connectivity index (χ2v) is 7.10. The number of hydrogen-bond acceptors (Lipinski definition) is 2. The molecule has 0 bridgehead atoms. The highest BCUT2D eigenvalue weighted by Crippen LogP contribution is 2.46. The molecule has 0 unspecified atom stereocenters. The van der Waals surface area contributed by atoms with Crippen molar-refractivity contribution in [1.82, 2.24) is 0 Å². The molecule has 1 amide bonds. The maximum Gasteiger partial charge on any atom is 0.225 e. The second kappa shape index (κ2) is 6.04. The molecule has 4 rings (SSSR count). The predicted octanol–water partition coefficient (Wildman–Crippen LogP) is 5.68. The molecule has 2 aromatic carbocycles. The van der Waals surface area contributed by atoms with Gasteiger partial charge in [-0.25, -0.2) is 4.39 Å². The van der Waals surface area contributed by atoms with Crippen LogP contribution in [0.2, 0.25) is 5.02 Å². The molecular formula is C19H13ClFNOS. The molecule has 1 N–H and O–H groups in total. The molecule has 0 spiro atoms. The molecule has 2 nitrogen and oxygen atoms in total. The van der Waals surface area contributed by atoms with Crippen LogP contribution in [-0.4, -0.2) is 5.91 Å². The van der Waals surface area contributed by atoms with Crippen LogP contribution in [0, 0.1) is 5.82 Å². The number of hydrogen-bond donors (Lipinski definition) is 1. The summed E-state index contributed by atoms with van der Waals surface area (Å²) in [7, 11) is 0. The largest absolute Gasteiger partial charge is 0.325 e. The number of carbonyl (C=O) groups excluding carboxylic acids is 1. The van der Waals surface area contributed by atoms with Crippen molar-refractivity contribution in [1.29, 1.82) is 0 Å². The van der Waals surface area contributed by atoms with Crippen molar-refractivity contribution in [3.8, 4) is 11.1 Å². The van der Waals surface area contributed by atoms with Gasteiger partial charge in [0.25, 0.3) is 0 Å². The van der Waals surface area contributed by atoms with Crippen molar-refractivity contribution in [2.45, 2.75) is 12.3 Å². The number of anilines is 1. The lowest BCUT2D eigenvalue weighted by molar-refractivity contribution is -0.116. The first kappa shape index (κ1) is 15.4. The first-order chi connectivity index (χ1) is 11.6. The molecule has 1 atom stereocenters. The summed E-state index contributed by atoms with van der Waals surface area (Å²) in [5, 5.41) is 5.66. The van der Waals surface area contributed by atoms with Crippen molar-refractivity contribution < 1.29 is 9.18 Å². The Kier molecular flexibility index (Phi) is 3.87. The van der Waals surface area contributed by atoms with Crippen molar-refractivity contribution in [2.75, 3.05) is 5.32 Å². The van der Waals surface area contributed by atoms with Crippen LogP contribution in [0.3, 0.4) is 0 Å². The average molecular weight is 358 g/mol. The maximum absolute atomic E-state index is 13.2. The number of carbonyl (C=O) groups is 1. The van der Waals surface area contributed by atoms with E-state index in [0.29, 0.717) is 11.4 Å². The van der Waals surface area contributed by atoms with E-state index in [2.05, 4.69) is 5.32 Å². The summed E-state index contributed by atoms with van der Waals surface area (Å²) in [5.74, 6) is -0.301. The van der Waals surface area contributed by atoms with Gasteiger partial charge in [0.1, 0.15) is 5.82 Å². The Balaban J connectivity index is 1.81. The molecule has 0 radical (unpaired) electrons. The Morgan fingerprint density at radius 2 is 1.96 bits per heavy atom. The van der Waals surface area contributed by atoms with E-state index in [1.165, 1.54) is 12.1 Å². The van der Waals surface area contributed by atoms with Crippen LogP contribution in [0.15, 0.2) is 53.9 Å². The van der Waals surface area contributed by atoms with E-state index in [-0.39, 0.29) is 17.6 Å². The fraction of sp³-hybridized carbons (Fsp3) is 0.105. The lowest BCUT2D eigenvalue weighted by Gasteiger charge is -2.24. The van der Waals surface area contributed by atoms with Gasteiger partial charge in [0.15, 0.2) is 0 Å². The Bertz CT molecular complexity index is 919. The minimum Gasteiger partial charge on any atom is -0.325 e. The van der Waals surface area contributed by atoms with E-state index in [9.17, 15) is 9.18 Å². The monoisotopic (exact) mass is 357 g/mol. The van der Waals surface area contributed by atoms with Gasteiger partial charge in [0, 0.05) is 33.2 Å². The van der Waals surface area contributed by atoms with Crippen LogP contribution >= 0.6 is 22.9 Å². The molecule has 0 saturated heterocycles. The third kappa shape index (κ3) is 2.72. The lowest BCUT2D eigenvalue weighted by atomic mass is 9.89. The number of nitrogens with one attached hydrogen (secondary N) is 1. The Morgan fingerprint density at radius 3 is 2.71 bits per heavy atom. The topological polar surface area (TPSA) is 29.1 Å². The van der Waals surface area contributed by atoms with Crippen LogP contribution in [0.1, 0.15) is 22.8 Å². The second-order valence-electron chi connectivity index (χ2n) is 5.76. The zero-order chi connectivity index (χ0) is 16.7. The smallest absolute Gasteiger partial charge is 0.225 e. The van der Waals surface area contributed by atoms with Gasteiger partial charge in [0.2, 0.25) is 5.91 Å². The maximum atomic E-state index is 13.2. The fourth-order valence-electron chi connectivity index (χ4n) is 3.06. The minimum absolute atomic E-state index is 0.00773. The quantitative estimate of drug-likeness (QED) is 0.628. The van der Waals surface area contributed by atoms with E-state index in [1.807, 2.05) is 29.6 Å². The molecule has 2 heterocycles. The molecule has 24 heavy (non-hydrogen) atoms. The van der Waals surface area contributed by atoms with Crippen LogP contribution in [0.25, 0.3) is 11.1 Å². The third-order valence-corrected chi connectivity index (χ3v) is 5.53. The standard InChI is InChI=1S/C19H13ClFNOS/c20-13-3-1-2-12(8-13)15-9-17(23)22-18-16(10-24-19(15)18)11-4-6-14(21)7-5-11/h1-8,10,15H,9H2,(H,22,23)/t15-/m1/s1. The highest BCUT2D eigenvalue weighted by molar-refractivity contribution is 7.11. The summed E-state index contributed by atoms with van der Waals surface area (Å²) in [5.41, 5.74) is 3.68. The Morgan fingerprint density at radius 1 is 1.17 bits per heavy atom. The normalized spacial score (nSPS) is 16.6. The highest BCUT2D eigenvalue weighted by Gasteiger charge is 2.30. The van der Waals surface area contributed by atoms with E-state index in [4.69, 9.17) is 11.6 Å². The van der Waals surface area contributed by atoms with Crippen molar-refractivity contribution >= 4 is 34.5 Å². The lowest BCUT2D eigenvalue weighted by Crippen LogP contribution is -2.22. The number of amides is 1. The van der Waals surface area contributed by atoms with Crippen LogP contribution in [0.5, 0.6) is 0 Å². The van der Waals surface area contributed by atoms with Crippen molar-refractivity contribution in [3.63, 3.8) is 0 Å². The van der Waals surface area contributed by atoms with Crippen LogP contribution in [-0.2, 0) is 4.79 Å². The zero-order valence-corrected chi connectivity index (χ0v) is 14.1. The van der Waals surface area contributed by atoms with E-state index in [0.717, 1.165) is 27.3 Å². The van der Waals surface area contributed by atoms with Crippen molar-refractivity contribution in [2.24, 2.45) is 0 Å². The van der Waals surface area contributed by atoms with Crippen molar-refractivity contribution in [3.05, 3.63) is 75.2 Å². The summed E-state index contributed by atoms with van der Waals surface area (Å²) in [6.07, 6.45) is 0.400. The molecule has 1 aliphatic heterocycles. The van der Waals surface area contributed by atoms with E-state index >= 15 is 0 Å². The summed E-state index contributed by atoms with van der Waals surface area (Å²) in [4.78, 5) is 13.3. The molecule has 5 heteroatoms. The van der Waals surface area contributed by atoms with E-state index < -0.39 is 0 Å². The van der Waals surface area contributed by atoms with E-state index in [1.54, 1.807) is 23.5 Å². The van der Waals surface area contributed by atoms with Gasteiger partial charge >= 0.3 is 0 Å². The van der Waals surface area contributed by atoms with Gasteiger partial charge in [-0.2, -0.15) is 0 Å². The molecule has 0 aliphatic carbocycles. The number of thiophene rings is 1. The Labute approximate surface area is 147 Å².